The van der Waals surface area contributed by atoms with Crippen molar-refractivity contribution in [2.45, 2.75) is 26.4 Å². The van der Waals surface area contributed by atoms with Crippen molar-refractivity contribution in [3.8, 4) is 17.2 Å². The van der Waals surface area contributed by atoms with Crippen LogP contribution in [0, 0.1) is 0 Å². The maximum atomic E-state index is 9.10. The first-order valence-corrected chi connectivity index (χ1v) is 10.8. The Morgan fingerprint density at radius 1 is 0.941 bits per heavy atom. The Hall–Kier alpha value is -3.98. The average molecular weight is 469 g/mol. The lowest BCUT2D eigenvalue weighted by molar-refractivity contribution is -0.159. The third-order valence-electron chi connectivity index (χ3n) is 4.94. The minimum absolute atomic E-state index is 0.307. The lowest BCUT2D eigenvalue weighted by Gasteiger charge is -2.21. The van der Waals surface area contributed by atoms with Crippen LogP contribution in [-0.2, 0) is 29.1 Å². The number of carboxylic acids is 2. The summed E-state index contributed by atoms with van der Waals surface area (Å²) >= 11 is 0. The number of nitrogens with zero attached hydrogens (tertiary/aromatic N) is 1. The molecule has 0 radical (unpaired) electrons. The van der Waals surface area contributed by atoms with E-state index in [0.717, 1.165) is 49.1 Å². The van der Waals surface area contributed by atoms with E-state index >= 15 is 0 Å². The molecule has 0 bridgehead atoms. The Kier molecular flexibility index (Phi) is 8.93. The van der Waals surface area contributed by atoms with Crippen molar-refractivity contribution < 1.29 is 38.4 Å². The van der Waals surface area contributed by atoms with Gasteiger partial charge in [-0.05, 0) is 60.9 Å². The van der Waals surface area contributed by atoms with Gasteiger partial charge in [0.25, 0.3) is 0 Å². The number of hydrogen-bond donors (Lipinski definition) is 2. The number of benzene rings is 2. The predicted molar refractivity (Wildman–Crippen MR) is 122 cm³/mol. The fraction of sp³-hybridized carbons (Fsp3) is 0.280. The van der Waals surface area contributed by atoms with Gasteiger partial charge in [-0.2, -0.15) is 0 Å². The molecule has 2 N–H and O–H groups in total. The van der Waals surface area contributed by atoms with Crippen molar-refractivity contribution in [1.29, 1.82) is 0 Å². The zero-order chi connectivity index (χ0) is 24.3. The SMILES string of the molecule is CCOc1ccc(CN(CCc2ccc3c(c2)OCO3)Cc2ccco2)cc1.O=C(O)C(=O)O. The first kappa shape index (κ1) is 24.7. The Morgan fingerprint density at radius 2 is 1.65 bits per heavy atom. The highest BCUT2D eigenvalue weighted by Crippen LogP contribution is 2.32. The maximum Gasteiger partial charge on any atom is 0.414 e. The van der Waals surface area contributed by atoms with Gasteiger partial charge < -0.3 is 28.8 Å². The third kappa shape index (κ3) is 7.56. The lowest BCUT2D eigenvalue weighted by atomic mass is 10.1. The smallest absolute Gasteiger partial charge is 0.414 e. The number of aliphatic carboxylic acids is 2. The van der Waals surface area contributed by atoms with Crippen LogP contribution in [0.2, 0.25) is 0 Å². The molecule has 1 aromatic heterocycles. The fourth-order valence-corrected chi connectivity index (χ4v) is 3.34. The van der Waals surface area contributed by atoms with Gasteiger partial charge in [-0.1, -0.05) is 18.2 Å². The van der Waals surface area contributed by atoms with Crippen molar-refractivity contribution in [3.63, 3.8) is 0 Å². The first-order chi connectivity index (χ1) is 16.4. The van der Waals surface area contributed by atoms with Crippen LogP contribution in [0.15, 0.2) is 65.3 Å². The molecule has 0 amide bonds. The van der Waals surface area contributed by atoms with E-state index in [1.54, 1.807) is 6.26 Å². The number of furan rings is 1. The number of carboxylic acid groups (broad SMARTS) is 2. The molecule has 0 unspecified atom stereocenters. The highest BCUT2D eigenvalue weighted by molar-refractivity contribution is 6.27. The Labute approximate surface area is 197 Å². The second-order valence-corrected chi connectivity index (χ2v) is 7.41. The van der Waals surface area contributed by atoms with Crippen molar-refractivity contribution in [2.75, 3.05) is 19.9 Å². The molecule has 0 spiro atoms. The molecule has 2 heterocycles. The zero-order valence-electron chi connectivity index (χ0n) is 18.8. The van der Waals surface area contributed by atoms with Gasteiger partial charge in [-0.15, -0.1) is 0 Å². The van der Waals surface area contributed by atoms with Crippen molar-refractivity contribution in [3.05, 3.63) is 77.7 Å². The molecule has 0 aliphatic carbocycles. The third-order valence-corrected chi connectivity index (χ3v) is 4.94. The molecule has 3 aromatic rings. The van der Waals surface area contributed by atoms with Crippen LogP contribution in [-0.4, -0.2) is 47.0 Å². The number of carbonyl (C=O) groups is 2. The van der Waals surface area contributed by atoms with Crippen molar-refractivity contribution in [2.24, 2.45) is 0 Å². The van der Waals surface area contributed by atoms with Gasteiger partial charge in [-0.25, -0.2) is 9.59 Å². The molecule has 180 valence electrons. The summed E-state index contributed by atoms with van der Waals surface area (Å²) in [4.78, 5) is 20.6. The molecule has 0 saturated heterocycles. The molecule has 9 nitrogen and oxygen atoms in total. The normalized spacial score (nSPS) is 11.6. The molecule has 4 rings (SSSR count). The number of ether oxygens (including phenoxy) is 3. The summed E-state index contributed by atoms with van der Waals surface area (Å²) < 4.78 is 22.0. The lowest BCUT2D eigenvalue weighted by Crippen LogP contribution is -2.25. The molecule has 0 atom stereocenters. The van der Waals surface area contributed by atoms with E-state index < -0.39 is 11.9 Å². The Bertz CT molecular complexity index is 1050. The van der Waals surface area contributed by atoms with E-state index in [2.05, 4.69) is 29.2 Å². The number of hydrogen-bond acceptors (Lipinski definition) is 7. The van der Waals surface area contributed by atoms with Crippen LogP contribution in [0.4, 0.5) is 0 Å². The molecular formula is C25H27NO8. The second kappa shape index (κ2) is 12.3. The average Bonchev–Trinajstić information content (AvgIpc) is 3.51. The van der Waals surface area contributed by atoms with Gasteiger partial charge in [0.15, 0.2) is 11.5 Å². The molecule has 0 saturated carbocycles. The predicted octanol–water partition coefficient (Wildman–Crippen LogP) is 3.81. The highest BCUT2D eigenvalue weighted by Gasteiger charge is 2.14. The topological polar surface area (TPSA) is 119 Å². The molecule has 1 aliphatic rings. The Balaban J connectivity index is 0.000000481. The summed E-state index contributed by atoms with van der Waals surface area (Å²) in [6.07, 6.45) is 2.65. The van der Waals surface area contributed by atoms with Crippen LogP contribution in [0.3, 0.4) is 0 Å². The van der Waals surface area contributed by atoms with E-state index in [4.69, 9.17) is 38.4 Å². The molecule has 9 heteroatoms. The van der Waals surface area contributed by atoms with Gasteiger partial charge in [0.1, 0.15) is 11.5 Å². The van der Waals surface area contributed by atoms with Gasteiger partial charge >= 0.3 is 11.9 Å². The van der Waals surface area contributed by atoms with E-state index in [0.29, 0.717) is 13.4 Å². The van der Waals surface area contributed by atoms with Crippen LogP contribution in [0.25, 0.3) is 0 Å². The highest BCUT2D eigenvalue weighted by atomic mass is 16.7. The van der Waals surface area contributed by atoms with E-state index in [-0.39, 0.29) is 0 Å². The monoisotopic (exact) mass is 469 g/mol. The summed E-state index contributed by atoms with van der Waals surface area (Å²) in [7, 11) is 0. The molecule has 2 aromatic carbocycles. The number of rotatable bonds is 9. The van der Waals surface area contributed by atoms with Crippen molar-refractivity contribution in [1.82, 2.24) is 4.90 Å². The molecule has 1 aliphatic heterocycles. The van der Waals surface area contributed by atoms with Crippen LogP contribution >= 0.6 is 0 Å². The second-order valence-electron chi connectivity index (χ2n) is 7.41. The number of fused-ring (bicyclic) bond motifs is 1. The summed E-state index contributed by atoms with van der Waals surface area (Å²) in [6, 6.07) is 18.4. The largest absolute Gasteiger partial charge is 0.494 e. The fourth-order valence-electron chi connectivity index (χ4n) is 3.34. The minimum Gasteiger partial charge on any atom is -0.494 e. The van der Waals surface area contributed by atoms with E-state index in [1.807, 2.05) is 37.3 Å². The first-order valence-electron chi connectivity index (χ1n) is 10.8. The molecule has 0 fully saturated rings. The molecular weight excluding hydrogens is 442 g/mol. The minimum atomic E-state index is -1.82. The molecule has 34 heavy (non-hydrogen) atoms. The summed E-state index contributed by atoms with van der Waals surface area (Å²) in [6.45, 7) is 5.51. The van der Waals surface area contributed by atoms with Crippen LogP contribution in [0.1, 0.15) is 23.8 Å². The summed E-state index contributed by atoms with van der Waals surface area (Å²) in [5, 5.41) is 14.8. The van der Waals surface area contributed by atoms with Crippen LogP contribution in [0.5, 0.6) is 17.2 Å². The maximum absolute atomic E-state index is 9.10. The van der Waals surface area contributed by atoms with E-state index in [1.165, 1.54) is 11.1 Å². The summed E-state index contributed by atoms with van der Waals surface area (Å²) in [5.41, 5.74) is 2.49. The zero-order valence-corrected chi connectivity index (χ0v) is 18.8. The van der Waals surface area contributed by atoms with E-state index in [9.17, 15) is 0 Å². The summed E-state index contributed by atoms with van der Waals surface area (Å²) in [5.74, 6) is -0.113. The van der Waals surface area contributed by atoms with Gasteiger partial charge in [0.2, 0.25) is 6.79 Å². The van der Waals surface area contributed by atoms with Gasteiger partial charge in [0.05, 0.1) is 19.4 Å². The van der Waals surface area contributed by atoms with Crippen molar-refractivity contribution >= 4 is 11.9 Å². The standard InChI is InChI=1S/C23H25NO4.C2H2O4/c1-2-25-20-8-5-19(6-9-20)15-24(16-21-4-3-13-26-21)12-11-18-7-10-22-23(14-18)28-17-27-22;3-1(4)2(5)6/h3-10,13-14H,2,11-12,15-17H2,1H3;(H,3,4)(H,5,6). The van der Waals surface area contributed by atoms with Crippen LogP contribution < -0.4 is 14.2 Å². The van der Waals surface area contributed by atoms with Gasteiger partial charge in [0, 0.05) is 13.1 Å². The van der Waals surface area contributed by atoms with Gasteiger partial charge in [-0.3, -0.25) is 4.90 Å². The Morgan fingerprint density at radius 3 is 2.29 bits per heavy atom. The quantitative estimate of drug-likeness (QED) is 0.451.